The number of aryl methyl sites for hydroxylation is 1. The Labute approximate surface area is 190 Å². The predicted octanol–water partition coefficient (Wildman–Crippen LogP) is 4.45. The number of aliphatic hydroxyl groups is 1. The van der Waals surface area contributed by atoms with Crippen molar-refractivity contribution in [3.8, 4) is 0 Å². The zero-order valence-corrected chi connectivity index (χ0v) is 18.8. The molecule has 166 valence electrons. The summed E-state index contributed by atoms with van der Waals surface area (Å²) >= 11 is 0. The molecule has 4 nitrogen and oxygen atoms in total. The molecule has 0 spiro atoms. The van der Waals surface area contributed by atoms with Gasteiger partial charge in [0.2, 0.25) is 0 Å². The molecule has 8 rings (SSSR count). The summed E-state index contributed by atoms with van der Waals surface area (Å²) in [7, 11) is 0. The van der Waals surface area contributed by atoms with Crippen molar-refractivity contribution in [1.29, 1.82) is 0 Å². The maximum Gasteiger partial charge on any atom is 0.105 e. The summed E-state index contributed by atoms with van der Waals surface area (Å²) in [6, 6.07) is 18.4. The predicted molar refractivity (Wildman–Crippen MR) is 128 cm³/mol. The van der Waals surface area contributed by atoms with E-state index in [9.17, 15) is 5.11 Å². The smallest absolute Gasteiger partial charge is 0.105 e. The number of piperidine rings is 3. The van der Waals surface area contributed by atoms with E-state index in [0.29, 0.717) is 12.0 Å². The van der Waals surface area contributed by atoms with E-state index in [2.05, 4.69) is 62.9 Å². The average molecular weight is 428 g/mol. The van der Waals surface area contributed by atoms with Gasteiger partial charge >= 0.3 is 0 Å². The van der Waals surface area contributed by atoms with Crippen LogP contribution in [0.2, 0.25) is 0 Å². The third-order valence-electron chi connectivity index (χ3n) is 8.94. The molecule has 1 N–H and O–H groups in total. The van der Waals surface area contributed by atoms with Gasteiger partial charge in [0.1, 0.15) is 5.60 Å². The number of aromatic nitrogens is 1. The topological polar surface area (TPSA) is 31.6 Å². The lowest BCUT2D eigenvalue weighted by Gasteiger charge is -2.50. The number of rotatable bonds is 3. The van der Waals surface area contributed by atoms with Crippen LogP contribution in [0.15, 0.2) is 48.5 Å². The van der Waals surface area contributed by atoms with E-state index in [-0.39, 0.29) is 0 Å². The van der Waals surface area contributed by atoms with Gasteiger partial charge in [-0.1, -0.05) is 36.4 Å². The number of hydrogen-bond acceptors (Lipinski definition) is 3. The van der Waals surface area contributed by atoms with Crippen molar-refractivity contribution in [2.45, 2.75) is 56.8 Å². The summed E-state index contributed by atoms with van der Waals surface area (Å²) in [5, 5.41) is 13.2. The monoisotopic (exact) mass is 427 g/mol. The van der Waals surface area contributed by atoms with Crippen LogP contribution in [0.4, 0.5) is 0 Å². The molecule has 1 aromatic heterocycles. The van der Waals surface area contributed by atoms with Crippen molar-refractivity contribution in [3.05, 3.63) is 70.9 Å². The van der Waals surface area contributed by atoms with Gasteiger partial charge in [-0.25, -0.2) is 0 Å². The summed E-state index contributed by atoms with van der Waals surface area (Å²) in [6.45, 7) is 6.32. The quantitative estimate of drug-likeness (QED) is 0.670. The minimum Gasteiger partial charge on any atom is -0.384 e. The highest BCUT2D eigenvalue weighted by Crippen LogP contribution is 2.46. The summed E-state index contributed by atoms with van der Waals surface area (Å²) in [5.41, 5.74) is 6.40. The van der Waals surface area contributed by atoms with E-state index < -0.39 is 5.60 Å². The molecule has 2 aromatic carbocycles. The molecule has 2 bridgehead atoms. The SMILES string of the molecule is O[C@@]1(c2ccc3c(c2)c2c4n3CCN(Cc3ccccc3)[C@H]4CCC2)CN2CCC1CC2. The lowest BCUT2D eigenvalue weighted by molar-refractivity contribution is -0.117. The van der Waals surface area contributed by atoms with Gasteiger partial charge < -0.3 is 14.6 Å². The van der Waals surface area contributed by atoms with Gasteiger partial charge in [0.05, 0.1) is 6.04 Å². The van der Waals surface area contributed by atoms with Crippen LogP contribution in [0.3, 0.4) is 0 Å². The molecule has 5 heterocycles. The van der Waals surface area contributed by atoms with Crippen molar-refractivity contribution in [2.24, 2.45) is 5.92 Å². The van der Waals surface area contributed by atoms with Gasteiger partial charge in [-0.2, -0.15) is 0 Å². The van der Waals surface area contributed by atoms with Crippen LogP contribution in [0.5, 0.6) is 0 Å². The van der Waals surface area contributed by atoms with E-state index >= 15 is 0 Å². The Morgan fingerprint density at radius 1 is 0.938 bits per heavy atom. The lowest BCUT2D eigenvalue weighted by atomic mass is 9.71. The molecule has 0 saturated carbocycles. The zero-order chi connectivity index (χ0) is 21.3. The van der Waals surface area contributed by atoms with Crippen LogP contribution in [0, 0.1) is 5.92 Å². The molecule has 3 saturated heterocycles. The van der Waals surface area contributed by atoms with Crippen molar-refractivity contribution in [1.82, 2.24) is 14.4 Å². The van der Waals surface area contributed by atoms with Gasteiger partial charge in [-0.3, -0.25) is 4.90 Å². The molecule has 4 heteroatoms. The molecule has 4 aliphatic heterocycles. The third-order valence-corrected chi connectivity index (χ3v) is 8.94. The van der Waals surface area contributed by atoms with E-state index in [1.165, 1.54) is 35.7 Å². The lowest BCUT2D eigenvalue weighted by Crippen LogP contribution is -2.57. The molecular weight excluding hydrogens is 394 g/mol. The fraction of sp³-hybridized carbons (Fsp3) is 0.500. The normalized spacial score (nSPS) is 31.7. The van der Waals surface area contributed by atoms with Crippen LogP contribution in [-0.2, 0) is 25.1 Å². The first kappa shape index (κ1) is 19.3. The maximum atomic E-state index is 11.8. The highest BCUT2D eigenvalue weighted by atomic mass is 16.3. The minimum atomic E-state index is -0.673. The Hall–Kier alpha value is -2.14. The minimum absolute atomic E-state index is 0.410. The number of fused-ring (bicyclic) bond motifs is 6. The maximum absolute atomic E-state index is 11.8. The largest absolute Gasteiger partial charge is 0.384 e. The summed E-state index contributed by atoms with van der Waals surface area (Å²) in [5.74, 6) is 0.410. The van der Waals surface area contributed by atoms with Crippen LogP contribution in [0.1, 0.15) is 54.1 Å². The molecule has 2 atom stereocenters. The summed E-state index contributed by atoms with van der Waals surface area (Å²) < 4.78 is 2.61. The Morgan fingerprint density at radius 2 is 1.78 bits per heavy atom. The van der Waals surface area contributed by atoms with E-state index in [1.54, 1.807) is 11.3 Å². The molecule has 32 heavy (non-hydrogen) atoms. The average Bonchev–Trinajstić information content (AvgIpc) is 3.17. The fourth-order valence-corrected chi connectivity index (χ4v) is 7.32. The van der Waals surface area contributed by atoms with Gasteiger partial charge in [-0.15, -0.1) is 0 Å². The number of benzene rings is 2. The highest BCUT2D eigenvalue weighted by molar-refractivity contribution is 5.87. The first-order valence-corrected chi connectivity index (χ1v) is 12.6. The second kappa shape index (κ2) is 7.18. The Bertz CT molecular complexity index is 1160. The molecule has 0 radical (unpaired) electrons. The zero-order valence-electron chi connectivity index (χ0n) is 18.8. The van der Waals surface area contributed by atoms with E-state index in [4.69, 9.17) is 0 Å². The molecular formula is C28H33N3O. The van der Waals surface area contributed by atoms with Crippen LogP contribution >= 0.6 is 0 Å². The van der Waals surface area contributed by atoms with Gasteiger partial charge in [0, 0.05) is 42.8 Å². The van der Waals surface area contributed by atoms with Crippen molar-refractivity contribution < 1.29 is 5.11 Å². The highest BCUT2D eigenvalue weighted by Gasteiger charge is 2.47. The van der Waals surface area contributed by atoms with Gasteiger partial charge in [-0.05, 0) is 79.9 Å². The second-order valence-corrected chi connectivity index (χ2v) is 10.6. The Balaban J connectivity index is 1.29. The standard InChI is InChI=1S/C28H33N3O/c32-28(19-29-13-11-21(28)12-14-29)22-9-10-25-24(17-22)23-7-4-8-26-27(23)31(25)16-15-30(26)18-20-5-2-1-3-6-20/h1-3,5-6,9-10,17,21,26,32H,4,7-8,11-16,18-19H2/t26-,28-/m0/s1. The van der Waals surface area contributed by atoms with Crippen LogP contribution in [0.25, 0.3) is 10.9 Å². The molecule has 3 aromatic rings. The summed E-state index contributed by atoms with van der Waals surface area (Å²) in [6.07, 6.45) is 5.94. The first-order chi connectivity index (χ1) is 15.7. The molecule has 5 aliphatic rings. The van der Waals surface area contributed by atoms with E-state index in [1.807, 2.05) is 0 Å². The molecule has 0 amide bonds. The van der Waals surface area contributed by atoms with Gasteiger partial charge in [0.25, 0.3) is 0 Å². The second-order valence-electron chi connectivity index (χ2n) is 10.6. The summed E-state index contributed by atoms with van der Waals surface area (Å²) in [4.78, 5) is 5.16. The van der Waals surface area contributed by atoms with Crippen LogP contribution < -0.4 is 0 Å². The van der Waals surface area contributed by atoms with Crippen molar-refractivity contribution >= 4 is 10.9 Å². The molecule has 3 fully saturated rings. The number of nitrogens with zero attached hydrogens (tertiary/aromatic N) is 3. The Kier molecular flexibility index (Phi) is 4.34. The number of hydrogen-bond donors (Lipinski definition) is 1. The van der Waals surface area contributed by atoms with Crippen LogP contribution in [-0.4, -0.2) is 45.7 Å². The fourth-order valence-electron chi connectivity index (χ4n) is 7.32. The molecule has 0 unspecified atom stereocenters. The third kappa shape index (κ3) is 2.79. The van der Waals surface area contributed by atoms with E-state index in [0.717, 1.165) is 57.7 Å². The molecule has 1 aliphatic carbocycles. The van der Waals surface area contributed by atoms with Crippen molar-refractivity contribution in [2.75, 3.05) is 26.2 Å². The van der Waals surface area contributed by atoms with Crippen molar-refractivity contribution in [3.63, 3.8) is 0 Å². The van der Waals surface area contributed by atoms with Gasteiger partial charge in [0.15, 0.2) is 0 Å². The first-order valence-electron chi connectivity index (χ1n) is 12.6. The Morgan fingerprint density at radius 3 is 2.56 bits per heavy atom.